The van der Waals surface area contributed by atoms with Crippen LogP contribution in [0, 0.1) is 6.92 Å². The lowest BCUT2D eigenvalue weighted by molar-refractivity contribution is 0.153. The molecule has 0 atom stereocenters. The van der Waals surface area contributed by atoms with Crippen molar-refractivity contribution in [2.45, 2.75) is 51.7 Å². The van der Waals surface area contributed by atoms with Crippen LogP contribution in [0.25, 0.3) is 5.70 Å². The molecular weight excluding hydrogens is 404 g/mol. The number of nitrogens with two attached hydrogens (primary N) is 2. The molecule has 32 heavy (non-hydrogen) atoms. The number of aromatic nitrogens is 1. The lowest BCUT2D eigenvalue weighted by Crippen LogP contribution is -2.40. The van der Waals surface area contributed by atoms with Gasteiger partial charge in [-0.05, 0) is 50.3 Å². The van der Waals surface area contributed by atoms with Gasteiger partial charge in [-0.1, -0.05) is 36.8 Å². The molecule has 3 rings (SSSR count). The van der Waals surface area contributed by atoms with Gasteiger partial charge >= 0.3 is 6.03 Å². The second-order valence-electron chi connectivity index (χ2n) is 8.15. The number of carbonyl (C=O) groups excluding carboxylic acids is 1. The second kappa shape index (κ2) is 11.4. The Bertz CT molecular complexity index is 923. The number of urea groups is 1. The first-order chi connectivity index (χ1) is 15.4. The molecule has 1 heterocycles. The van der Waals surface area contributed by atoms with Gasteiger partial charge in [0.2, 0.25) is 0 Å². The van der Waals surface area contributed by atoms with Gasteiger partial charge in [0.15, 0.2) is 0 Å². The van der Waals surface area contributed by atoms with E-state index in [2.05, 4.69) is 15.6 Å². The first-order valence-electron chi connectivity index (χ1n) is 11.1. The summed E-state index contributed by atoms with van der Waals surface area (Å²) in [7, 11) is 1.68. The lowest BCUT2D eigenvalue weighted by Gasteiger charge is -2.24. The fraction of sp³-hybridized carbons (Fsp3) is 0.417. The summed E-state index contributed by atoms with van der Waals surface area (Å²) in [5.41, 5.74) is 9.74. The molecule has 8 nitrogen and oxygen atoms in total. The van der Waals surface area contributed by atoms with E-state index in [0.717, 1.165) is 29.8 Å². The van der Waals surface area contributed by atoms with Crippen molar-refractivity contribution in [1.82, 2.24) is 20.6 Å². The number of nitrogens with one attached hydrogen (secondary N) is 2. The van der Waals surface area contributed by atoms with E-state index in [9.17, 15) is 4.79 Å². The Kier molecular flexibility index (Phi) is 8.33. The smallest absolute Gasteiger partial charge is 0.315 e. The Morgan fingerprint density at radius 1 is 1.12 bits per heavy atom. The molecule has 0 unspecified atom stereocenters. The minimum Gasteiger partial charge on any atom is -0.489 e. The number of hydrogen-bond donors (Lipinski definition) is 4. The summed E-state index contributed by atoms with van der Waals surface area (Å²) in [6.07, 6.45) is 6.14. The molecule has 1 aromatic carbocycles. The topological polar surface area (TPSA) is 119 Å². The number of amides is 2. The number of ether oxygens (including phenoxy) is 1. The van der Waals surface area contributed by atoms with E-state index in [1.54, 1.807) is 7.05 Å². The maximum Gasteiger partial charge on any atom is 0.315 e. The molecule has 0 radical (unpaired) electrons. The molecule has 1 fully saturated rings. The monoisotopic (exact) mass is 438 g/mol. The Balaban J connectivity index is 1.63. The molecule has 0 saturated heterocycles. The highest BCUT2D eigenvalue weighted by Gasteiger charge is 2.17. The summed E-state index contributed by atoms with van der Waals surface area (Å²) in [5, 5.41) is 7.02. The van der Waals surface area contributed by atoms with Crippen molar-refractivity contribution in [3.63, 3.8) is 0 Å². The normalized spacial score (nSPS) is 15.0. The van der Waals surface area contributed by atoms with Crippen LogP contribution in [0.4, 0.5) is 4.79 Å². The van der Waals surface area contributed by atoms with Crippen molar-refractivity contribution in [3.05, 3.63) is 65.1 Å². The molecule has 0 aliphatic heterocycles. The van der Waals surface area contributed by atoms with E-state index >= 15 is 0 Å². The highest BCUT2D eigenvalue weighted by atomic mass is 16.5. The Labute approximate surface area is 190 Å². The van der Waals surface area contributed by atoms with Gasteiger partial charge in [0.25, 0.3) is 0 Å². The maximum absolute atomic E-state index is 12.2. The zero-order valence-corrected chi connectivity index (χ0v) is 18.9. The summed E-state index contributed by atoms with van der Waals surface area (Å²) in [5.74, 6) is 6.78. The largest absolute Gasteiger partial charge is 0.489 e. The second-order valence-corrected chi connectivity index (χ2v) is 8.15. The van der Waals surface area contributed by atoms with Crippen LogP contribution in [-0.2, 0) is 6.54 Å². The maximum atomic E-state index is 12.2. The van der Waals surface area contributed by atoms with E-state index in [-0.39, 0.29) is 18.7 Å². The third-order valence-corrected chi connectivity index (χ3v) is 5.61. The van der Waals surface area contributed by atoms with E-state index in [1.165, 1.54) is 24.3 Å². The van der Waals surface area contributed by atoms with Crippen molar-refractivity contribution >= 4 is 11.7 Å². The van der Waals surface area contributed by atoms with Crippen molar-refractivity contribution in [3.8, 4) is 5.75 Å². The number of likely N-dealkylation sites (N-methyl/N-ethyl adjacent to an activating group) is 1. The fourth-order valence-corrected chi connectivity index (χ4v) is 3.75. The highest BCUT2D eigenvalue weighted by molar-refractivity contribution is 5.75. The fourth-order valence-electron chi connectivity index (χ4n) is 3.75. The van der Waals surface area contributed by atoms with Crippen LogP contribution in [0.3, 0.4) is 0 Å². The number of aryl methyl sites for hydroxylation is 1. The number of hydrogen-bond acceptors (Lipinski definition) is 6. The quantitative estimate of drug-likeness (QED) is 0.372. The summed E-state index contributed by atoms with van der Waals surface area (Å²) >= 11 is 0. The molecule has 1 aliphatic rings. The molecule has 2 aromatic rings. The first-order valence-corrected chi connectivity index (χ1v) is 11.1. The average Bonchev–Trinajstić information content (AvgIpc) is 2.80. The van der Waals surface area contributed by atoms with Crippen LogP contribution in [0.15, 0.2) is 48.2 Å². The SMILES string of the molecule is Cc1nc(/C(N)=C(\CNC(=O)NCc2ccccc2)N(C)N)ccc1OC1CCCCC1. The number of carbonyl (C=O) groups is 1. The van der Waals surface area contributed by atoms with Gasteiger partial charge in [-0.2, -0.15) is 0 Å². The van der Waals surface area contributed by atoms with Crippen LogP contribution >= 0.6 is 0 Å². The van der Waals surface area contributed by atoms with Gasteiger partial charge in [-0.3, -0.25) is 0 Å². The van der Waals surface area contributed by atoms with Gasteiger partial charge in [0.05, 0.1) is 35.4 Å². The van der Waals surface area contributed by atoms with Crippen molar-refractivity contribution in [2.24, 2.45) is 11.6 Å². The minimum absolute atomic E-state index is 0.167. The predicted molar refractivity (Wildman–Crippen MR) is 126 cm³/mol. The number of nitrogens with zero attached hydrogens (tertiary/aromatic N) is 2. The molecule has 8 heteroatoms. The van der Waals surface area contributed by atoms with Crippen molar-refractivity contribution < 1.29 is 9.53 Å². The summed E-state index contributed by atoms with van der Waals surface area (Å²) in [6.45, 7) is 2.51. The third-order valence-electron chi connectivity index (χ3n) is 5.61. The highest BCUT2D eigenvalue weighted by Crippen LogP contribution is 2.26. The molecule has 1 saturated carbocycles. The molecule has 6 N–H and O–H groups in total. The molecule has 2 amide bonds. The number of pyridine rings is 1. The number of hydrazine groups is 1. The van der Waals surface area contributed by atoms with Crippen LogP contribution in [-0.4, -0.2) is 35.7 Å². The zero-order valence-electron chi connectivity index (χ0n) is 18.9. The molecule has 172 valence electrons. The lowest BCUT2D eigenvalue weighted by atomic mass is 9.98. The molecule has 1 aromatic heterocycles. The van der Waals surface area contributed by atoms with Gasteiger partial charge in [0.1, 0.15) is 5.75 Å². The molecular formula is C24H34N6O2. The van der Waals surface area contributed by atoms with Crippen LogP contribution in [0.5, 0.6) is 5.75 Å². The third kappa shape index (κ3) is 6.62. The van der Waals surface area contributed by atoms with Crippen LogP contribution in [0.2, 0.25) is 0 Å². The summed E-state index contributed by atoms with van der Waals surface area (Å²) in [4.78, 5) is 16.8. The van der Waals surface area contributed by atoms with E-state index < -0.39 is 0 Å². The van der Waals surface area contributed by atoms with Gasteiger partial charge in [-0.25, -0.2) is 15.6 Å². The number of benzene rings is 1. The van der Waals surface area contributed by atoms with Crippen LogP contribution in [0.1, 0.15) is 49.1 Å². The van der Waals surface area contributed by atoms with Gasteiger partial charge in [0, 0.05) is 13.6 Å². The standard InChI is InChI=1S/C24H34N6O2/c1-17-22(32-19-11-7-4-8-12-19)14-13-20(29-17)23(25)21(30(2)26)16-28-24(31)27-15-18-9-5-3-6-10-18/h3,5-6,9-10,13-14,19H,4,7-8,11-12,15-16,25-26H2,1-2H3,(H2,27,28,31)/b23-21-. The number of rotatable bonds is 8. The van der Waals surface area contributed by atoms with Crippen molar-refractivity contribution in [1.29, 1.82) is 0 Å². The van der Waals surface area contributed by atoms with Gasteiger partial charge < -0.3 is 26.1 Å². The Hall–Kier alpha value is -3.26. The van der Waals surface area contributed by atoms with E-state index in [1.807, 2.05) is 49.4 Å². The Morgan fingerprint density at radius 2 is 1.84 bits per heavy atom. The predicted octanol–water partition coefficient (Wildman–Crippen LogP) is 3.03. The molecule has 1 aliphatic carbocycles. The molecule has 0 bridgehead atoms. The minimum atomic E-state index is -0.304. The van der Waals surface area contributed by atoms with Crippen molar-refractivity contribution in [2.75, 3.05) is 13.6 Å². The zero-order chi connectivity index (χ0) is 22.9. The van der Waals surface area contributed by atoms with Crippen LogP contribution < -0.4 is 26.9 Å². The molecule has 0 spiro atoms. The Morgan fingerprint density at radius 3 is 2.50 bits per heavy atom. The van der Waals surface area contributed by atoms with E-state index in [0.29, 0.717) is 23.6 Å². The first kappa shape index (κ1) is 23.4. The van der Waals surface area contributed by atoms with Gasteiger partial charge in [-0.15, -0.1) is 0 Å². The summed E-state index contributed by atoms with van der Waals surface area (Å²) in [6, 6.07) is 13.1. The summed E-state index contributed by atoms with van der Waals surface area (Å²) < 4.78 is 6.15. The average molecular weight is 439 g/mol. The van der Waals surface area contributed by atoms with E-state index in [4.69, 9.17) is 16.3 Å².